The van der Waals surface area contributed by atoms with Crippen LogP contribution in [0.2, 0.25) is 0 Å². The second kappa shape index (κ2) is 6.83. The molecule has 0 radical (unpaired) electrons. The lowest BCUT2D eigenvalue weighted by Crippen LogP contribution is -2.28. The van der Waals surface area contributed by atoms with Crippen molar-refractivity contribution in [3.8, 4) is 0 Å². The van der Waals surface area contributed by atoms with Gasteiger partial charge in [-0.25, -0.2) is 4.39 Å². The van der Waals surface area contributed by atoms with E-state index >= 15 is 0 Å². The number of amides is 1. The fourth-order valence-corrected chi connectivity index (χ4v) is 2.04. The number of hydrogen-bond donors (Lipinski definition) is 2. The molecule has 0 bridgehead atoms. The van der Waals surface area contributed by atoms with Crippen LogP contribution in [0.15, 0.2) is 42.6 Å². The number of aromatic nitrogens is 1. The molecule has 2 aromatic rings. The van der Waals surface area contributed by atoms with Gasteiger partial charge in [0.25, 0.3) is 5.91 Å². The summed E-state index contributed by atoms with van der Waals surface area (Å²) in [5, 5.41) is 5.87. The first-order valence-corrected chi connectivity index (χ1v) is 6.87. The maximum atomic E-state index is 13.7. The highest BCUT2D eigenvalue weighted by Crippen LogP contribution is 2.17. The molecule has 110 valence electrons. The number of nitrogens with one attached hydrogen (secondary N) is 2. The third-order valence-electron chi connectivity index (χ3n) is 3.09. The topological polar surface area (TPSA) is 54.0 Å². The summed E-state index contributed by atoms with van der Waals surface area (Å²) in [7, 11) is 0. The van der Waals surface area contributed by atoms with Gasteiger partial charge >= 0.3 is 0 Å². The van der Waals surface area contributed by atoms with E-state index in [9.17, 15) is 9.18 Å². The van der Waals surface area contributed by atoms with Gasteiger partial charge in [0.05, 0.1) is 6.04 Å². The molecule has 0 aliphatic heterocycles. The minimum atomic E-state index is -0.428. The number of rotatable bonds is 5. The van der Waals surface area contributed by atoms with Crippen molar-refractivity contribution in [3.63, 3.8) is 0 Å². The molecule has 0 saturated carbocycles. The van der Waals surface area contributed by atoms with E-state index < -0.39 is 6.04 Å². The van der Waals surface area contributed by atoms with Gasteiger partial charge < -0.3 is 10.6 Å². The molecule has 2 rings (SSSR count). The van der Waals surface area contributed by atoms with Crippen LogP contribution >= 0.6 is 0 Å². The summed E-state index contributed by atoms with van der Waals surface area (Å²) in [6, 6.07) is 9.43. The minimum absolute atomic E-state index is 0.302. The predicted octanol–water partition coefficient (Wildman–Crippen LogP) is 3.14. The molecule has 1 heterocycles. The van der Waals surface area contributed by atoms with Crippen molar-refractivity contribution >= 4 is 11.6 Å². The maximum Gasteiger partial charge on any atom is 0.270 e. The molecule has 1 aromatic heterocycles. The Morgan fingerprint density at radius 3 is 2.81 bits per heavy atom. The number of carbonyl (C=O) groups excluding carboxylic acids is 1. The molecule has 1 amide bonds. The molecule has 21 heavy (non-hydrogen) atoms. The molecule has 0 saturated heterocycles. The average molecular weight is 287 g/mol. The molecule has 0 aliphatic carbocycles. The van der Waals surface area contributed by atoms with Gasteiger partial charge in [-0.2, -0.15) is 0 Å². The third kappa shape index (κ3) is 3.78. The maximum absolute atomic E-state index is 13.7. The zero-order chi connectivity index (χ0) is 15.2. The SMILES string of the molecule is CCNc1ccnc(C(=O)NC(C)c2ccccc2F)c1. The largest absolute Gasteiger partial charge is 0.385 e. The lowest BCUT2D eigenvalue weighted by molar-refractivity contribution is 0.0934. The Labute approximate surface area is 123 Å². The Balaban J connectivity index is 2.11. The van der Waals surface area contributed by atoms with Gasteiger partial charge in [0.2, 0.25) is 0 Å². The van der Waals surface area contributed by atoms with E-state index in [4.69, 9.17) is 0 Å². The second-order valence-electron chi connectivity index (χ2n) is 4.68. The number of benzene rings is 1. The zero-order valence-electron chi connectivity index (χ0n) is 12.1. The molecule has 5 heteroatoms. The number of nitrogens with zero attached hydrogens (tertiary/aromatic N) is 1. The second-order valence-corrected chi connectivity index (χ2v) is 4.68. The van der Waals surface area contributed by atoms with E-state index in [1.807, 2.05) is 6.92 Å². The summed E-state index contributed by atoms with van der Waals surface area (Å²) in [6.45, 7) is 4.47. The van der Waals surface area contributed by atoms with Crippen LogP contribution in [0, 0.1) is 5.82 Å². The molecule has 1 aromatic carbocycles. The van der Waals surface area contributed by atoms with E-state index in [0.717, 1.165) is 12.2 Å². The van der Waals surface area contributed by atoms with Gasteiger partial charge in [-0.3, -0.25) is 9.78 Å². The minimum Gasteiger partial charge on any atom is -0.385 e. The van der Waals surface area contributed by atoms with Gasteiger partial charge in [-0.1, -0.05) is 18.2 Å². The number of anilines is 1. The first-order valence-electron chi connectivity index (χ1n) is 6.87. The van der Waals surface area contributed by atoms with E-state index in [2.05, 4.69) is 15.6 Å². The number of halogens is 1. The smallest absolute Gasteiger partial charge is 0.270 e. The molecule has 1 atom stereocenters. The summed E-state index contributed by atoms with van der Waals surface area (Å²) in [6.07, 6.45) is 1.57. The quantitative estimate of drug-likeness (QED) is 0.888. The van der Waals surface area contributed by atoms with Crippen molar-refractivity contribution in [2.24, 2.45) is 0 Å². The average Bonchev–Trinajstić information content (AvgIpc) is 2.48. The lowest BCUT2D eigenvalue weighted by atomic mass is 10.1. The zero-order valence-corrected chi connectivity index (χ0v) is 12.1. The van der Waals surface area contributed by atoms with Crippen LogP contribution in [0.4, 0.5) is 10.1 Å². The Kier molecular flexibility index (Phi) is 4.87. The first-order chi connectivity index (χ1) is 10.1. The molecule has 0 spiro atoms. The molecule has 0 fully saturated rings. The molecule has 1 unspecified atom stereocenters. The first kappa shape index (κ1) is 15.0. The standard InChI is InChI=1S/C16H18FN3O/c1-3-18-12-8-9-19-15(10-12)16(21)20-11(2)13-6-4-5-7-14(13)17/h4-11H,3H2,1-2H3,(H,18,19)(H,20,21). The van der Waals surface area contributed by atoms with E-state index in [1.165, 1.54) is 6.07 Å². The Morgan fingerprint density at radius 2 is 2.10 bits per heavy atom. The van der Waals surface area contributed by atoms with Gasteiger partial charge in [0.1, 0.15) is 11.5 Å². The Hall–Kier alpha value is -2.43. The van der Waals surface area contributed by atoms with Crippen LogP contribution in [0.1, 0.15) is 35.9 Å². The van der Waals surface area contributed by atoms with Crippen molar-refractivity contribution in [1.29, 1.82) is 0 Å². The molecule has 0 aliphatic rings. The highest BCUT2D eigenvalue weighted by Gasteiger charge is 2.15. The van der Waals surface area contributed by atoms with Crippen LogP contribution in [0.3, 0.4) is 0 Å². The fraction of sp³-hybridized carbons (Fsp3) is 0.250. The van der Waals surface area contributed by atoms with Crippen LogP contribution in [-0.2, 0) is 0 Å². The fourth-order valence-electron chi connectivity index (χ4n) is 2.04. The summed E-state index contributed by atoms with van der Waals surface area (Å²) in [5.41, 5.74) is 1.58. The molecular formula is C16H18FN3O. The van der Waals surface area contributed by atoms with Gasteiger partial charge in [-0.15, -0.1) is 0 Å². The van der Waals surface area contributed by atoms with Gasteiger partial charge in [0.15, 0.2) is 0 Å². The summed E-state index contributed by atoms with van der Waals surface area (Å²) >= 11 is 0. The van der Waals surface area contributed by atoms with Crippen molar-refractivity contribution in [1.82, 2.24) is 10.3 Å². The monoisotopic (exact) mass is 287 g/mol. The van der Waals surface area contributed by atoms with Crippen LogP contribution < -0.4 is 10.6 Å². The van der Waals surface area contributed by atoms with Gasteiger partial charge in [-0.05, 0) is 32.0 Å². The van der Waals surface area contributed by atoms with Crippen molar-refractivity contribution < 1.29 is 9.18 Å². The summed E-state index contributed by atoms with van der Waals surface area (Å²) in [4.78, 5) is 16.2. The number of carbonyl (C=O) groups is 1. The molecule has 4 nitrogen and oxygen atoms in total. The normalized spacial score (nSPS) is 11.8. The van der Waals surface area contributed by atoms with Crippen molar-refractivity contribution in [2.45, 2.75) is 19.9 Å². The van der Waals surface area contributed by atoms with Crippen LogP contribution in [-0.4, -0.2) is 17.4 Å². The Morgan fingerprint density at radius 1 is 1.33 bits per heavy atom. The highest BCUT2D eigenvalue weighted by atomic mass is 19.1. The number of hydrogen-bond acceptors (Lipinski definition) is 3. The predicted molar refractivity (Wildman–Crippen MR) is 80.7 cm³/mol. The highest BCUT2D eigenvalue weighted by molar-refractivity contribution is 5.93. The van der Waals surface area contributed by atoms with E-state index in [-0.39, 0.29) is 11.7 Å². The molecule has 2 N–H and O–H groups in total. The van der Waals surface area contributed by atoms with Crippen molar-refractivity contribution in [2.75, 3.05) is 11.9 Å². The Bertz CT molecular complexity index is 630. The van der Waals surface area contributed by atoms with Crippen LogP contribution in [0.25, 0.3) is 0 Å². The molecular weight excluding hydrogens is 269 g/mol. The third-order valence-corrected chi connectivity index (χ3v) is 3.09. The van der Waals surface area contributed by atoms with E-state index in [0.29, 0.717) is 11.3 Å². The van der Waals surface area contributed by atoms with E-state index in [1.54, 1.807) is 43.5 Å². The van der Waals surface area contributed by atoms with Crippen molar-refractivity contribution in [3.05, 3.63) is 59.7 Å². The van der Waals surface area contributed by atoms with Gasteiger partial charge in [0, 0.05) is 24.0 Å². The van der Waals surface area contributed by atoms with Crippen LogP contribution in [0.5, 0.6) is 0 Å². The summed E-state index contributed by atoms with van der Waals surface area (Å²) < 4.78 is 13.7. The number of pyridine rings is 1. The summed E-state index contributed by atoms with van der Waals surface area (Å²) in [5.74, 6) is -0.662. The lowest BCUT2D eigenvalue weighted by Gasteiger charge is -2.15.